The molecule has 1 saturated heterocycles. The van der Waals surface area contributed by atoms with Crippen molar-refractivity contribution in [3.05, 3.63) is 75.5 Å². The summed E-state index contributed by atoms with van der Waals surface area (Å²) in [5, 5.41) is 21.4. The number of nitro benzene ring substituents is 1. The van der Waals surface area contributed by atoms with E-state index in [0.29, 0.717) is 36.3 Å². The first kappa shape index (κ1) is 31.1. The Morgan fingerprint density at radius 2 is 1.89 bits per heavy atom. The lowest BCUT2D eigenvalue weighted by molar-refractivity contribution is -0.387. The fraction of sp³-hybridized carbons (Fsp3) is 0.296. The zero-order chi connectivity index (χ0) is 31.6. The van der Waals surface area contributed by atoms with Gasteiger partial charge in [-0.3, -0.25) is 15.2 Å². The average molecular weight is 647 g/mol. The molecule has 5 rings (SSSR count). The van der Waals surface area contributed by atoms with Crippen molar-refractivity contribution in [3.8, 4) is 5.75 Å². The van der Waals surface area contributed by atoms with Gasteiger partial charge in [0.05, 0.1) is 27.6 Å². The van der Waals surface area contributed by atoms with E-state index in [9.17, 15) is 22.9 Å². The van der Waals surface area contributed by atoms with E-state index in [2.05, 4.69) is 30.4 Å². The number of nitrogens with one attached hydrogen (secondary N) is 2. The standard InChI is InChI=1S/C27H28F2N8O5S2/c1-16-13-22(34-33-16)30-25-24(42-3)26(36-11-9-35(2)10-12-36)32-27(31-25)43-21-8-7-18(14-19(21)28)44(40,41)15-17-5-4-6-20(23(17)29)37(38)39/h4-8,13-14H,9-12,15H2,1-3H3,(H2,30,31,32,33,34). The van der Waals surface area contributed by atoms with E-state index in [1.165, 1.54) is 25.3 Å². The number of nitrogens with zero attached hydrogens (tertiary/aromatic N) is 6. The lowest BCUT2D eigenvalue weighted by Crippen LogP contribution is -2.45. The molecule has 0 atom stereocenters. The predicted octanol–water partition coefficient (Wildman–Crippen LogP) is 4.32. The number of hydrogen-bond acceptors (Lipinski definition) is 12. The summed E-state index contributed by atoms with van der Waals surface area (Å²) in [6, 6.07) is 8.32. The number of aryl methyl sites for hydroxylation is 1. The van der Waals surface area contributed by atoms with Gasteiger partial charge in [-0.1, -0.05) is 12.1 Å². The Morgan fingerprint density at radius 3 is 2.52 bits per heavy atom. The molecule has 2 aromatic carbocycles. The van der Waals surface area contributed by atoms with Crippen LogP contribution in [0.3, 0.4) is 0 Å². The number of methoxy groups -OCH3 is 1. The Hall–Kier alpha value is -4.35. The van der Waals surface area contributed by atoms with Crippen LogP contribution in [0.2, 0.25) is 0 Å². The quantitative estimate of drug-likeness (QED) is 0.143. The highest BCUT2D eigenvalue weighted by molar-refractivity contribution is 7.99. The van der Waals surface area contributed by atoms with Gasteiger partial charge in [0, 0.05) is 49.6 Å². The van der Waals surface area contributed by atoms with Gasteiger partial charge < -0.3 is 19.9 Å². The fourth-order valence-corrected chi connectivity index (χ4v) is 6.65. The van der Waals surface area contributed by atoms with Gasteiger partial charge in [-0.25, -0.2) is 22.8 Å². The minimum Gasteiger partial charge on any atom is -0.490 e. The van der Waals surface area contributed by atoms with Gasteiger partial charge in [-0.15, -0.1) is 0 Å². The first-order chi connectivity index (χ1) is 20.9. The zero-order valence-electron chi connectivity index (χ0n) is 23.9. The van der Waals surface area contributed by atoms with E-state index in [-0.39, 0.29) is 10.1 Å². The first-order valence-corrected chi connectivity index (χ1v) is 15.7. The SMILES string of the molecule is COc1c(Nc2cc(C)[nH]n2)nc(Sc2ccc(S(=O)(=O)Cc3cccc([N+](=O)[O-])c3F)cc2F)nc1N1CCN(C)CC1. The Kier molecular flexibility index (Phi) is 8.98. The van der Waals surface area contributed by atoms with Crippen LogP contribution in [0, 0.1) is 28.7 Å². The van der Waals surface area contributed by atoms with Crippen LogP contribution >= 0.6 is 11.8 Å². The van der Waals surface area contributed by atoms with Gasteiger partial charge in [0.15, 0.2) is 32.4 Å². The van der Waals surface area contributed by atoms with Crippen molar-refractivity contribution in [2.75, 3.05) is 50.6 Å². The normalized spacial score (nSPS) is 14.1. The maximum Gasteiger partial charge on any atom is 0.305 e. The van der Waals surface area contributed by atoms with Crippen molar-refractivity contribution in [2.24, 2.45) is 0 Å². The number of aromatic nitrogens is 4. The summed E-state index contributed by atoms with van der Waals surface area (Å²) in [5.41, 5.74) is -0.421. The number of likely N-dealkylation sites (N-methyl/N-ethyl adjacent to an activating group) is 1. The number of H-pyrrole nitrogens is 1. The van der Waals surface area contributed by atoms with Gasteiger partial charge in [-0.2, -0.15) is 9.49 Å². The molecule has 1 aliphatic heterocycles. The summed E-state index contributed by atoms with van der Waals surface area (Å²) in [4.78, 5) is 23.2. The molecule has 4 aromatic rings. The molecule has 2 aromatic heterocycles. The molecule has 17 heteroatoms. The second-order valence-corrected chi connectivity index (χ2v) is 13.0. The van der Waals surface area contributed by atoms with E-state index < -0.39 is 48.3 Å². The summed E-state index contributed by atoms with van der Waals surface area (Å²) in [7, 11) is -0.727. The second kappa shape index (κ2) is 12.7. The maximum absolute atomic E-state index is 15.4. The van der Waals surface area contributed by atoms with E-state index in [4.69, 9.17) is 4.74 Å². The van der Waals surface area contributed by atoms with Crippen molar-refractivity contribution in [2.45, 2.75) is 27.6 Å². The number of sulfone groups is 1. The smallest absolute Gasteiger partial charge is 0.305 e. The van der Waals surface area contributed by atoms with Crippen LogP contribution in [0.5, 0.6) is 5.75 Å². The Morgan fingerprint density at radius 1 is 1.14 bits per heavy atom. The third kappa shape index (κ3) is 6.74. The molecular formula is C27H28F2N8O5S2. The van der Waals surface area contributed by atoms with E-state index in [1.54, 1.807) is 6.07 Å². The van der Waals surface area contributed by atoms with E-state index in [0.717, 1.165) is 48.7 Å². The molecule has 0 unspecified atom stereocenters. The molecule has 0 spiro atoms. The second-order valence-electron chi connectivity index (χ2n) is 10.0. The number of benzene rings is 2. The summed E-state index contributed by atoms with van der Waals surface area (Å²) in [5.74, 6) is -1.32. The van der Waals surface area contributed by atoms with E-state index in [1.807, 2.05) is 18.9 Å². The zero-order valence-corrected chi connectivity index (χ0v) is 25.5. The summed E-state index contributed by atoms with van der Waals surface area (Å²) >= 11 is 0.885. The number of halogens is 2. The van der Waals surface area contributed by atoms with Crippen LogP contribution in [0.15, 0.2) is 57.4 Å². The van der Waals surface area contributed by atoms with Gasteiger partial charge in [0.2, 0.25) is 11.6 Å². The number of ether oxygens (including phenoxy) is 1. The highest BCUT2D eigenvalue weighted by Gasteiger charge is 2.26. The third-order valence-electron chi connectivity index (χ3n) is 6.85. The molecule has 0 bridgehead atoms. The number of hydrogen-bond donors (Lipinski definition) is 2. The van der Waals surface area contributed by atoms with Crippen molar-refractivity contribution in [3.63, 3.8) is 0 Å². The number of nitro groups is 1. The van der Waals surface area contributed by atoms with Gasteiger partial charge >= 0.3 is 5.69 Å². The van der Waals surface area contributed by atoms with Crippen molar-refractivity contribution in [1.82, 2.24) is 25.1 Å². The molecule has 0 saturated carbocycles. The van der Waals surface area contributed by atoms with Crippen LogP contribution in [-0.4, -0.2) is 78.7 Å². The molecule has 0 radical (unpaired) electrons. The van der Waals surface area contributed by atoms with Gasteiger partial charge in [0.25, 0.3) is 0 Å². The van der Waals surface area contributed by atoms with Crippen molar-refractivity contribution < 1.29 is 26.9 Å². The highest BCUT2D eigenvalue weighted by atomic mass is 32.2. The Balaban J connectivity index is 1.45. The number of rotatable bonds is 10. The summed E-state index contributed by atoms with van der Waals surface area (Å²) in [6.07, 6.45) is 0. The molecule has 232 valence electrons. The minimum atomic E-state index is -4.25. The van der Waals surface area contributed by atoms with Crippen LogP contribution < -0.4 is 15.0 Å². The highest BCUT2D eigenvalue weighted by Crippen LogP contribution is 2.39. The predicted molar refractivity (Wildman–Crippen MR) is 159 cm³/mol. The lowest BCUT2D eigenvalue weighted by Gasteiger charge is -2.34. The minimum absolute atomic E-state index is 0.0431. The monoisotopic (exact) mass is 646 g/mol. The molecule has 1 aliphatic rings. The van der Waals surface area contributed by atoms with E-state index >= 15 is 4.39 Å². The molecule has 0 amide bonds. The molecule has 13 nitrogen and oxygen atoms in total. The Labute approximate surface area is 255 Å². The molecule has 3 heterocycles. The first-order valence-electron chi connectivity index (χ1n) is 13.3. The summed E-state index contributed by atoms with van der Waals surface area (Å²) < 4.78 is 61.6. The number of piperazine rings is 1. The number of anilines is 3. The molecule has 2 N–H and O–H groups in total. The maximum atomic E-state index is 15.4. The van der Waals surface area contributed by atoms with Crippen LogP contribution in [0.4, 0.5) is 31.9 Å². The average Bonchev–Trinajstić information content (AvgIpc) is 3.39. The summed E-state index contributed by atoms with van der Waals surface area (Å²) in [6.45, 7) is 4.77. The molecule has 44 heavy (non-hydrogen) atoms. The topological polar surface area (TPSA) is 159 Å². The molecule has 0 aliphatic carbocycles. The van der Waals surface area contributed by atoms with Crippen molar-refractivity contribution in [1.29, 1.82) is 0 Å². The lowest BCUT2D eigenvalue weighted by atomic mass is 10.2. The third-order valence-corrected chi connectivity index (χ3v) is 9.43. The van der Waals surface area contributed by atoms with Crippen LogP contribution in [0.1, 0.15) is 11.3 Å². The molecular weight excluding hydrogens is 618 g/mol. The molecule has 1 fully saturated rings. The van der Waals surface area contributed by atoms with Gasteiger partial charge in [-0.05, 0) is 43.9 Å². The number of aromatic amines is 1. The Bertz CT molecular complexity index is 1810. The van der Waals surface area contributed by atoms with Crippen LogP contribution in [-0.2, 0) is 15.6 Å². The van der Waals surface area contributed by atoms with Gasteiger partial charge in [0.1, 0.15) is 5.82 Å². The fourth-order valence-electron chi connectivity index (χ4n) is 4.54. The van der Waals surface area contributed by atoms with Crippen LogP contribution in [0.25, 0.3) is 0 Å². The van der Waals surface area contributed by atoms with Crippen molar-refractivity contribution >= 4 is 44.7 Å². The largest absolute Gasteiger partial charge is 0.490 e.